The average Bonchev–Trinajstić information content (AvgIpc) is 3.18. The highest BCUT2D eigenvalue weighted by Gasteiger charge is 2.16. The summed E-state index contributed by atoms with van der Waals surface area (Å²) in [5.74, 6) is -0.947. The SMILES string of the molecule is C=C/C(C)=C\C=C/C.CC.CCn1nc(-c2ccc(C(C)(C)C)cc2)cc1C(=O)O. The Morgan fingerprint density at radius 2 is 1.77 bits per heavy atom. The number of benzene rings is 1. The van der Waals surface area contributed by atoms with E-state index in [-0.39, 0.29) is 11.1 Å². The molecule has 0 bridgehead atoms. The van der Waals surface area contributed by atoms with E-state index in [1.807, 2.05) is 71.1 Å². The van der Waals surface area contributed by atoms with E-state index in [0.717, 1.165) is 5.56 Å². The van der Waals surface area contributed by atoms with Gasteiger partial charge in [-0.05, 0) is 37.8 Å². The fraction of sp³-hybridized carbons (Fsp3) is 0.385. The van der Waals surface area contributed by atoms with E-state index in [2.05, 4.69) is 44.6 Å². The molecule has 0 aliphatic rings. The van der Waals surface area contributed by atoms with Crippen molar-refractivity contribution in [1.82, 2.24) is 9.78 Å². The maximum Gasteiger partial charge on any atom is 0.354 e. The molecule has 0 saturated heterocycles. The molecule has 4 nitrogen and oxygen atoms in total. The van der Waals surface area contributed by atoms with Gasteiger partial charge in [0.05, 0.1) is 5.69 Å². The minimum Gasteiger partial charge on any atom is -0.477 e. The van der Waals surface area contributed by atoms with Gasteiger partial charge in [-0.15, -0.1) is 0 Å². The Kier molecular flexibility index (Phi) is 12.1. The van der Waals surface area contributed by atoms with Gasteiger partial charge in [-0.1, -0.05) is 95.3 Å². The second-order valence-electron chi connectivity index (χ2n) is 7.50. The van der Waals surface area contributed by atoms with Gasteiger partial charge in [0, 0.05) is 12.1 Å². The Labute approximate surface area is 182 Å². The van der Waals surface area contributed by atoms with Crippen LogP contribution in [0.5, 0.6) is 0 Å². The summed E-state index contributed by atoms with van der Waals surface area (Å²) < 4.78 is 1.51. The van der Waals surface area contributed by atoms with Gasteiger partial charge < -0.3 is 5.11 Å². The largest absolute Gasteiger partial charge is 0.477 e. The maximum atomic E-state index is 11.2. The Bertz CT molecular complexity index is 848. The minimum atomic E-state index is -0.947. The highest BCUT2D eigenvalue weighted by Crippen LogP contribution is 2.26. The summed E-state index contributed by atoms with van der Waals surface area (Å²) in [6.07, 6.45) is 7.84. The summed E-state index contributed by atoms with van der Waals surface area (Å²) in [6.45, 7) is 20.5. The standard InChI is InChI=1S/C16H20N2O2.C8H12.C2H6/c1-5-18-14(15(19)20)10-13(17-18)11-6-8-12(9-7-11)16(2,3)4;1-4-6-7-8(3)5-2;1-2/h6-10H,5H2,1-4H3,(H,19,20);4-7H,2H2,1,3H3;1-2H3/b;6-4-,8-7-;. The second kappa shape index (κ2) is 13.4. The van der Waals surface area contributed by atoms with E-state index < -0.39 is 5.97 Å². The Morgan fingerprint density at radius 3 is 2.13 bits per heavy atom. The normalized spacial score (nSPS) is 11.3. The smallest absolute Gasteiger partial charge is 0.354 e. The maximum absolute atomic E-state index is 11.2. The molecule has 164 valence electrons. The molecule has 1 heterocycles. The average molecular weight is 411 g/mol. The topological polar surface area (TPSA) is 55.1 Å². The van der Waals surface area contributed by atoms with Gasteiger partial charge >= 0.3 is 5.97 Å². The summed E-state index contributed by atoms with van der Waals surface area (Å²) in [5.41, 5.74) is 4.41. The Hall–Kier alpha value is -2.88. The number of aromatic nitrogens is 2. The number of hydrogen-bond acceptors (Lipinski definition) is 2. The molecule has 0 radical (unpaired) electrons. The molecule has 0 aliphatic heterocycles. The number of carboxylic acid groups (broad SMARTS) is 1. The molecule has 1 N–H and O–H groups in total. The molecule has 1 aromatic carbocycles. The number of carboxylic acids is 1. The first kappa shape index (κ1) is 27.1. The first-order valence-electron chi connectivity index (χ1n) is 10.5. The number of aryl methyl sites for hydroxylation is 1. The summed E-state index contributed by atoms with van der Waals surface area (Å²) in [4.78, 5) is 11.2. The number of hydrogen-bond donors (Lipinski definition) is 1. The van der Waals surface area contributed by atoms with Crippen molar-refractivity contribution in [3.8, 4) is 11.3 Å². The van der Waals surface area contributed by atoms with Crippen LogP contribution in [0.4, 0.5) is 0 Å². The summed E-state index contributed by atoms with van der Waals surface area (Å²) in [6, 6.07) is 9.75. The van der Waals surface area contributed by atoms with Gasteiger partial charge in [-0.3, -0.25) is 4.68 Å². The van der Waals surface area contributed by atoms with Gasteiger partial charge in [0.2, 0.25) is 0 Å². The zero-order valence-electron chi connectivity index (χ0n) is 19.9. The van der Waals surface area contributed by atoms with Gasteiger partial charge in [-0.2, -0.15) is 5.10 Å². The van der Waals surface area contributed by atoms with Crippen LogP contribution in [0, 0.1) is 0 Å². The van der Waals surface area contributed by atoms with Crippen LogP contribution in [0.1, 0.15) is 71.4 Å². The first-order valence-corrected chi connectivity index (χ1v) is 10.5. The molecule has 4 heteroatoms. The Balaban J connectivity index is 0.000000712. The lowest BCUT2D eigenvalue weighted by Gasteiger charge is -2.18. The van der Waals surface area contributed by atoms with E-state index >= 15 is 0 Å². The van der Waals surface area contributed by atoms with Gasteiger partial charge in [0.25, 0.3) is 0 Å². The van der Waals surface area contributed by atoms with E-state index in [9.17, 15) is 4.79 Å². The van der Waals surface area contributed by atoms with E-state index in [1.165, 1.54) is 15.8 Å². The van der Waals surface area contributed by atoms with Crippen molar-refractivity contribution < 1.29 is 9.90 Å². The van der Waals surface area contributed by atoms with Gasteiger partial charge in [0.1, 0.15) is 5.69 Å². The molecule has 0 amide bonds. The van der Waals surface area contributed by atoms with E-state index in [0.29, 0.717) is 12.2 Å². The lowest BCUT2D eigenvalue weighted by atomic mass is 9.86. The van der Waals surface area contributed by atoms with Crippen molar-refractivity contribution in [2.24, 2.45) is 0 Å². The molecule has 0 fully saturated rings. The van der Waals surface area contributed by atoms with Crippen LogP contribution in [0.15, 0.2) is 66.8 Å². The van der Waals surface area contributed by atoms with Crippen molar-refractivity contribution >= 4 is 5.97 Å². The predicted molar refractivity (Wildman–Crippen MR) is 129 cm³/mol. The molecule has 0 atom stereocenters. The lowest BCUT2D eigenvalue weighted by molar-refractivity contribution is 0.0683. The minimum absolute atomic E-state index is 0.105. The van der Waals surface area contributed by atoms with E-state index in [1.54, 1.807) is 6.07 Å². The third-order valence-electron chi connectivity index (χ3n) is 4.22. The fourth-order valence-corrected chi connectivity index (χ4v) is 2.43. The van der Waals surface area contributed by atoms with Crippen molar-refractivity contribution in [3.63, 3.8) is 0 Å². The van der Waals surface area contributed by atoms with Gasteiger partial charge in [0.15, 0.2) is 0 Å². The number of allylic oxidation sites excluding steroid dienone is 5. The highest BCUT2D eigenvalue weighted by molar-refractivity contribution is 5.87. The molecule has 30 heavy (non-hydrogen) atoms. The number of rotatable bonds is 5. The second-order valence-corrected chi connectivity index (χ2v) is 7.50. The number of carbonyl (C=O) groups is 1. The molecule has 1 aromatic heterocycles. The summed E-state index contributed by atoms with van der Waals surface area (Å²) >= 11 is 0. The van der Waals surface area contributed by atoms with Crippen LogP contribution in [0.2, 0.25) is 0 Å². The van der Waals surface area contributed by atoms with Crippen LogP contribution >= 0.6 is 0 Å². The molecule has 0 saturated carbocycles. The fourth-order valence-electron chi connectivity index (χ4n) is 2.43. The highest BCUT2D eigenvalue weighted by atomic mass is 16.4. The van der Waals surface area contributed by atoms with Crippen molar-refractivity contribution in [3.05, 3.63) is 78.0 Å². The van der Waals surface area contributed by atoms with Crippen molar-refractivity contribution in [1.29, 1.82) is 0 Å². The number of nitrogens with zero attached hydrogens (tertiary/aromatic N) is 2. The predicted octanol–water partition coefficient (Wildman–Crippen LogP) is 7.29. The summed E-state index contributed by atoms with van der Waals surface area (Å²) in [5, 5.41) is 13.5. The van der Waals surface area contributed by atoms with Crippen LogP contribution in [0.25, 0.3) is 11.3 Å². The lowest BCUT2D eigenvalue weighted by Crippen LogP contribution is -2.10. The van der Waals surface area contributed by atoms with E-state index in [4.69, 9.17) is 5.11 Å². The molecular formula is C26H38N2O2. The molecule has 0 aliphatic carbocycles. The van der Waals surface area contributed by atoms with Crippen molar-refractivity contribution in [2.45, 2.75) is 67.3 Å². The molecule has 2 aromatic rings. The zero-order chi connectivity index (χ0) is 23.3. The van der Waals surface area contributed by atoms with Crippen molar-refractivity contribution in [2.75, 3.05) is 0 Å². The van der Waals surface area contributed by atoms with Crippen LogP contribution in [-0.4, -0.2) is 20.9 Å². The van der Waals surface area contributed by atoms with Crippen LogP contribution in [-0.2, 0) is 12.0 Å². The molecule has 0 unspecified atom stereocenters. The van der Waals surface area contributed by atoms with Crippen LogP contribution < -0.4 is 0 Å². The molecular weight excluding hydrogens is 372 g/mol. The third kappa shape index (κ3) is 8.64. The van der Waals surface area contributed by atoms with Gasteiger partial charge in [-0.25, -0.2) is 4.79 Å². The first-order chi connectivity index (χ1) is 14.1. The Morgan fingerprint density at radius 1 is 1.20 bits per heavy atom. The number of aromatic carboxylic acids is 1. The van der Waals surface area contributed by atoms with Crippen LogP contribution in [0.3, 0.4) is 0 Å². The monoisotopic (exact) mass is 410 g/mol. The quantitative estimate of drug-likeness (QED) is 0.527. The molecule has 0 spiro atoms. The molecule has 2 rings (SSSR count). The summed E-state index contributed by atoms with van der Waals surface area (Å²) in [7, 11) is 0. The third-order valence-corrected chi connectivity index (χ3v) is 4.22. The zero-order valence-corrected chi connectivity index (χ0v) is 19.9.